The quantitative estimate of drug-likeness (QED) is 0.801. The fourth-order valence-electron chi connectivity index (χ4n) is 2.80. The van der Waals surface area contributed by atoms with Crippen LogP contribution in [0, 0.1) is 17.8 Å². The maximum absolute atomic E-state index is 5.97. The fraction of sp³-hybridized carbons (Fsp3) is 0.625. The maximum atomic E-state index is 5.97. The third-order valence-electron chi connectivity index (χ3n) is 4.41. The van der Waals surface area contributed by atoms with Gasteiger partial charge in [0.2, 0.25) is 0 Å². The Morgan fingerprint density at radius 3 is 2.28 bits per heavy atom. The molecular weight excluding hydrogens is 242 g/mol. The Kier molecular flexibility index (Phi) is 3.63. The van der Waals surface area contributed by atoms with E-state index in [0.717, 1.165) is 29.3 Å². The van der Waals surface area contributed by atoms with Gasteiger partial charge in [0.05, 0.1) is 0 Å². The smallest absolute Gasteiger partial charge is 0.0406 e. The lowest BCUT2D eigenvalue weighted by atomic mass is 10.0. The summed E-state index contributed by atoms with van der Waals surface area (Å²) in [7, 11) is 0. The summed E-state index contributed by atoms with van der Waals surface area (Å²) in [5, 5.41) is 4.63. The van der Waals surface area contributed by atoms with Crippen LogP contribution in [0.2, 0.25) is 5.02 Å². The molecule has 98 valence electrons. The Bertz CT molecular complexity index is 392. The number of nitrogens with one attached hydrogen (secondary N) is 1. The highest BCUT2D eigenvalue weighted by atomic mass is 35.5. The first-order valence-electron chi connectivity index (χ1n) is 7.23. The number of benzene rings is 1. The van der Waals surface area contributed by atoms with E-state index in [9.17, 15) is 0 Å². The molecule has 3 rings (SSSR count). The molecule has 1 aromatic carbocycles. The van der Waals surface area contributed by atoms with Gasteiger partial charge in [-0.15, -0.1) is 0 Å². The van der Waals surface area contributed by atoms with Gasteiger partial charge in [0.15, 0.2) is 0 Å². The van der Waals surface area contributed by atoms with Gasteiger partial charge in [-0.3, -0.25) is 0 Å². The molecule has 0 heterocycles. The van der Waals surface area contributed by atoms with Gasteiger partial charge in [-0.05, 0) is 67.7 Å². The van der Waals surface area contributed by atoms with Gasteiger partial charge in [0.1, 0.15) is 0 Å². The minimum absolute atomic E-state index is 0.545. The lowest BCUT2D eigenvalue weighted by molar-refractivity contribution is 0.398. The molecule has 18 heavy (non-hydrogen) atoms. The largest absolute Gasteiger partial charge is 0.309 e. The van der Waals surface area contributed by atoms with Crippen LogP contribution in [0.25, 0.3) is 0 Å². The van der Waals surface area contributed by atoms with Gasteiger partial charge in [0, 0.05) is 11.1 Å². The first kappa shape index (κ1) is 12.5. The first-order chi connectivity index (χ1) is 8.74. The Morgan fingerprint density at radius 1 is 1.11 bits per heavy atom. The number of hydrogen-bond donors (Lipinski definition) is 1. The average Bonchev–Trinajstić information content (AvgIpc) is 3.24. The molecule has 0 saturated heterocycles. The summed E-state index contributed by atoms with van der Waals surface area (Å²) < 4.78 is 0. The van der Waals surface area contributed by atoms with E-state index in [0.29, 0.717) is 6.04 Å². The zero-order valence-electron chi connectivity index (χ0n) is 11.0. The van der Waals surface area contributed by atoms with Crippen LogP contribution in [0.3, 0.4) is 0 Å². The molecule has 2 fully saturated rings. The van der Waals surface area contributed by atoms with E-state index >= 15 is 0 Å². The first-order valence-corrected chi connectivity index (χ1v) is 7.60. The van der Waals surface area contributed by atoms with Crippen molar-refractivity contribution in [2.75, 3.05) is 6.54 Å². The normalized spacial score (nSPS) is 22.8. The SMILES string of the molecule is CC(CNC(c1ccc(Cl)cc1)C1CC1)C1CC1. The lowest BCUT2D eigenvalue weighted by Gasteiger charge is -2.21. The van der Waals surface area contributed by atoms with Gasteiger partial charge >= 0.3 is 0 Å². The van der Waals surface area contributed by atoms with Crippen molar-refractivity contribution in [3.05, 3.63) is 34.9 Å². The van der Waals surface area contributed by atoms with E-state index in [1.54, 1.807) is 0 Å². The summed E-state index contributed by atoms with van der Waals surface area (Å²) in [6.07, 6.45) is 5.63. The van der Waals surface area contributed by atoms with Crippen molar-refractivity contribution in [2.24, 2.45) is 17.8 Å². The summed E-state index contributed by atoms with van der Waals surface area (Å²) in [5.41, 5.74) is 1.41. The highest BCUT2D eigenvalue weighted by molar-refractivity contribution is 6.30. The molecule has 2 aliphatic rings. The van der Waals surface area contributed by atoms with Crippen molar-refractivity contribution in [1.29, 1.82) is 0 Å². The van der Waals surface area contributed by atoms with Crippen LogP contribution in [0.15, 0.2) is 24.3 Å². The zero-order valence-corrected chi connectivity index (χ0v) is 11.8. The molecule has 2 unspecified atom stereocenters. The Balaban J connectivity index is 1.62. The van der Waals surface area contributed by atoms with Crippen LogP contribution in [0.5, 0.6) is 0 Å². The number of halogens is 1. The van der Waals surface area contributed by atoms with Gasteiger partial charge in [-0.2, -0.15) is 0 Å². The molecule has 2 saturated carbocycles. The van der Waals surface area contributed by atoms with Crippen LogP contribution in [0.4, 0.5) is 0 Å². The van der Waals surface area contributed by atoms with Crippen LogP contribution in [-0.4, -0.2) is 6.54 Å². The van der Waals surface area contributed by atoms with E-state index in [1.807, 2.05) is 12.1 Å². The highest BCUT2D eigenvalue weighted by Gasteiger charge is 2.33. The summed E-state index contributed by atoms with van der Waals surface area (Å²) >= 11 is 5.97. The van der Waals surface area contributed by atoms with Crippen molar-refractivity contribution < 1.29 is 0 Å². The standard InChI is InChI=1S/C16H22ClN/c1-11(12-2-3-12)10-18-16(13-4-5-13)14-6-8-15(17)9-7-14/h6-9,11-13,16,18H,2-5,10H2,1H3. The van der Waals surface area contributed by atoms with Crippen LogP contribution in [-0.2, 0) is 0 Å². The Hall–Kier alpha value is -0.530. The molecule has 2 atom stereocenters. The third-order valence-corrected chi connectivity index (χ3v) is 4.66. The summed E-state index contributed by atoms with van der Waals surface area (Å²) in [4.78, 5) is 0. The summed E-state index contributed by atoms with van der Waals surface area (Å²) in [6, 6.07) is 8.93. The summed E-state index contributed by atoms with van der Waals surface area (Å²) in [6.45, 7) is 3.55. The molecule has 1 nitrogen and oxygen atoms in total. The lowest BCUT2D eigenvalue weighted by Crippen LogP contribution is -2.28. The Morgan fingerprint density at radius 2 is 1.72 bits per heavy atom. The second-order valence-corrected chi connectivity index (χ2v) is 6.53. The van der Waals surface area contributed by atoms with E-state index in [1.165, 1.54) is 31.2 Å². The number of hydrogen-bond acceptors (Lipinski definition) is 1. The molecule has 0 aromatic heterocycles. The van der Waals surface area contributed by atoms with Gasteiger partial charge in [0.25, 0.3) is 0 Å². The molecule has 2 aliphatic carbocycles. The van der Waals surface area contributed by atoms with Crippen LogP contribution < -0.4 is 5.32 Å². The fourth-order valence-corrected chi connectivity index (χ4v) is 2.93. The monoisotopic (exact) mass is 263 g/mol. The molecule has 0 amide bonds. The Labute approximate surface area is 115 Å². The van der Waals surface area contributed by atoms with Crippen LogP contribution >= 0.6 is 11.6 Å². The topological polar surface area (TPSA) is 12.0 Å². The maximum Gasteiger partial charge on any atom is 0.0406 e. The molecule has 0 bridgehead atoms. The van der Waals surface area contributed by atoms with E-state index in [4.69, 9.17) is 11.6 Å². The number of rotatable bonds is 6. The van der Waals surface area contributed by atoms with Gasteiger partial charge < -0.3 is 5.32 Å². The molecule has 0 radical (unpaired) electrons. The molecule has 0 spiro atoms. The molecule has 2 heteroatoms. The predicted molar refractivity (Wildman–Crippen MR) is 76.8 cm³/mol. The second kappa shape index (κ2) is 5.22. The third kappa shape index (κ3) is 3.07. The average molecular weight is 264 g/mol. The minimum atomic E-state index is 0.545. The van der Waals surface area contributed by atoms with E-state index in [-0.39, 0.29) is 0 Å². The van der Waals surface area contributed by atoms with E-state index in [2.05, 4.69) is 24.4 Å². The molecule has 1 aromatic rings. The molecule has 0 aliphatic heterocycles. The zero-order chi connectivity index (χ0) is 12.5. The van der Waals surface area contributed by atoms with Crippen molar-refractivity contribution in [1.82, 2.24) is 5.32 Å². The van der Waals surface area contributed by atoms with Crippen LogP contribution in [0.1, 0.15) is 44.2 Å². The summed E-state index contributed by atoms with van der Waals surface area (Å²) in [5.74, 6) is 2.67. The second-order valence-electron chi connectivity index (χ2n) is 6.09. The predicted octanol–water partition coefficient (Wildman–Crippen LogP) is 4.43. The highest BCUT2D eigenvalue weighted by Crippen LogP contribution is 2.42. The van der Waals surface area contributed by atoms with Crippen molar-refractivity contribution in [3.8, 4) is 0 Å². The van der Waals surface area contributed by atoms with Crippen molar-refractivity contribution in [2.45, 2.75) is 38.6 Å². The van der Waals surface area contributed by atoms with Crippen molar-refractivity contribution >= 4 is 11.6 Å². The van der Waals surface area contributed by atoms with Gasteiger partial charge in [-0.25, -0.2) is 0 Å². The van der Waals surface area contributed by atoms with Gasteiger partial charge in [-0.1, -0.05) is 30.7 Å². The molecule has 1 N–H and O–H groups in total. The minimum Gasteiger partial charge on any atom is -0.309 e. The van der Waals surface area contributed by atoms with E-state index < -0.39 is 0 Å². The molecular formula is C16H22ClN. The van der Waals surface area contributed by atoms with Crippen molar-refractivity contribution in [3.63, 3.8) is 0 Å².